The first kappa shape index (κ1) is 15.6. The number of carbonyl (C=O) groups is 1. The summed E-state index contributed by atoms with van der Waals surface area (Å²) in [6.45, 7) is 2.90. The number of epoxide rings is 1. The third-order valence-electron chi connectivity index (χ3n) is 3.18. The predicted octanol–water partition coefficient (Wildman–Crippen LogP) is 2.66. The fourth-order valence-electron chi connectivity index (χ4n) is 1.92. The second-order valence-corrected chi connectivity index (χ2v) is 4.70. The largest absolute Gasteiger partial charge is 0.412 e. The second-order valence-electron chi connectivity index (χ2n) is 4.70. The van der Waals surface area contributed by atoms with Crippen molar-refractivity contribution in [2.75, 3.05) is 6.61 Å². The molecule has 16 heavy (non-hydrogen) atoms. The summed E-state index contributed by atoms with van der Waals surface area (Å²) in [7, 11) is 0. The highest BCUT2D eigenvalue weighted by molar-refractivity contribution is 5.66. The Bertz CT molecular complexity index is 176. The first-order chi connectivity index (χ1) is 7.33. The van der Waals surface area contributed by atoms with Crippen molar-refractivity contribution in [2.24, 2.45) is 0 Å². The van der Waals surface area contributed by atoms with E-state index in [1.54, 1.807) is 0 Å². The van der Waals surface area contributed by atoms with Gasteiger partial charge in [0.05, 0.1) is 6.61 Å². The van der Waals surface area contributed by atoms with Crippen LogP contribution in [0.25, 0.3) is 0 Å². The fraction of sp³-hybridized carbons (Fsp3) is 0.923. The Morgan fingerprint density at radius 2 is 1.56 bits per heavy atom. The van der Waals surface area contributed by atoms with Gasteiger partial charge in [-0.3, -0.25) is 0 Å². The van der Waals surface area contributed by atoms with E-state index in [1.165, 1.54) is 44.9 Å². The molecule has 1 aliphatic heterocycles. The van der Waals surface area contributed by atoms with Gasteiger partial charge in [-0.2, -0.15) is 0 Å². The standard InChI is InChI=1S/C13H24O2.H2O/c1-2-3-4-5-6-7-8-9-10-13(11-14)12-15-13;/h11H,2-10,12H2,1H3;1H2. The molecule has 1 fully saturated rings. The van der Waals surface area contributed by atoms with E-state index in [1.807, 2.05) is 0 Å². The molecular formula is C13H26O3. The third kappa shape index (κ3) is 6.23. The van der Waals surface area contributed by atoms with Crippen molar-refractivity contribution in [2.45, 2.75) is 70.3 Å². The molecule has 96 valence electrons. The lowest BCUT2D eigenvalue weighted by Gasteiger charge is -2.03. The maximum atomic E-state index is 10.6. The van der Waals surface area contributed by atoms with Crippen LogP contribution in [-0.4, -0.2) is 24.0 Å². The van der Waals surface area contributed by atoms with Gasteiger partial charge >= 0.3 is 0 Å². The lowest BCUT2D eigenvalue weighted by Crippen LogP contribution is -2.11. The van der Waals surface area contributed by atoms with Gasteiger partial charge in [0.1, 0.15) is 5.60 Å². The smallest absolute Gasteiger partial charge is 0.154 e. The topological polar surface area (TPSA) is 61.1 Å². The minimum Gasteiger partial charge on any atom is -0.412 e. The van der Waals surface area contributed by atoms with E-state index >= 15 is 0 Å². The molecular weight excluding hydrogens is 204 g/mol. The van der Waals surface area contributed by atoms with Gasteiger partial charge in [0, 0.05) is 0 Å². The number of hydrogen-bond acceptors (Lipinski definition) is 2. The molecule has 0 spiro atoms. The Labute approximate surface area is 98.9 Å². The van der Waals surface area contributed by atoms with Crippen LogP contribution in [0.4, 0.5) is 0 Å². The van der Waals surface area contributed by atoms with Crippen molar-refractivity contribution >= 4 is 6.29 Å². The maximum Gasteiger partial charge on any atom is 0.154 e. The molecule has 0 aliphatic carbocycles. The summed E-state index contributed by atoms with van der Waals surface area (Å²) in [6, 6.07) is 0. The first-order valence-corrected chi connectivity index (χ1v) is 6.43. The zero-order chi connectivity index (χ0) is 11.0. The second kappa shape index (κ2) is 8.71. The Balaban J connectivity index is 0.00000225. The van der Waals surface area contributed by atoms with E-state index < -0.39 is 0 Å². The van der Waals surface area contributed by atoms with Crippen LogP contribution in [0.1, 0.15) is 64.7 Å². The van der Waals surface area contributed by atoms with E-state index in [0.29, 0.717) is 6.61 Å². The van der Waals surface area contributed by atoms with Crippen LogP contribution in [0.15, 0.2) is 0 Å². The summed E-state index contributed by atoms with van der Waals surface area (Å²) in [6.07, 6.45) is 12.5. The predicted molar refractivity (Wildman–Crippen MR) is 65.6 cm³/mol. The Kier molecular flexibility index (Phi) is 8.49. The van der Waals surface area contributed by atoms with Crippen molar-refractivity contribution in [3.05, 3.63) is 0 Å². The summed E-state index contributed by atoms with van der Waals surface area (Å²) in [5, 5.41) is 0. The Morgan fingerprint density at radius 3 is 2.00 bits per heavy atom. The highest BCUT2D eigenvalue weighted by atomic mass is 16.6. The number of aldehydes is 1. The van der Waals surface area contributed by atoms with Gasteiger partial charge in [-0.05, 0) is 6.42 Å². The van der Waals surface area contributed by atoms with Crippen LogP contribution >= 0.6 is 0 Å². The summed E-state index contributed by atoms with van der Waals surface area (Å²) >= 11 is 0. The maximum absolute atomic E-state index is 10.6. The van der Waals surface area contributed by atoms with E-state index in [-0.39, 0.29) is 11.1 Å². The van der Waals surface area contributed by atoms with Crippen LogP contribution in [-0.2, 0) is 9.53 Å². The number of hydrogen-bond donors (Lipinski definition) is 0. The fourth-order valence-corrected chi connectivity index (χ4v) is 1.92. The Morgan fingerprint density at radius 1 is 1.06 bits per heavy atom. The van der Waals surface area contributed by atoms with Crippen molar-refractivity contribution in [3.8, 4) is 0 Å². The lowest BCUT2D eigenvalue weighted by atomic mass is 10.0. The van der Waals surface area contributed by atoms with E-state index in [9.17, 15) is 4.79 Å². The van der Waals surface area contributed by atoms with Gasteiger partial charge in [0.25, 0.3) is 0 Å². The number of unbranched alkanes of at least 4 members (excludes halogenated alkanes) is 7. The molecule has 0 aromatic heterocycles. The summed E-state index contributed by atoms with van der Waals surface area (Å²) < 4.78 is 5.14. The van der Waals surface area contributed by atoms with Gasteiger partial charge in [-0.1, -0.05) is 58.3 Å². The molecule has 0 amide bonds. The highest BCUT2D eigenvalue weighted by Gasteiger charge is 2.43. The molecule has 3 nitrogen and oxygen atoms in total. The average molecular weight is 230 g/mol. The third-order valence-corrected chi connectivity index (χ3v) is 3.18. The van der Waals surface area contributed by atoms with Gasteiger partial charge in [-0.15, -0.1) is 0 Å². The van der Waals surface area contributed by atoms with Gasteiger partial charge in [-0.25, -0.2) is 0 Å². The molecule has 3 heteroatoms. The molecule has 1 unspecified atom stereocenters. The molecule has 1 heterocycles. The quantitative estimate of drug-likeness (QED) is 0.329. The number of carbonyl (C=O) groups excluding carboxylic acids is 1. The minimum absolute atomic E-state index is 0. The van der Waals surface area contributed by atoms with Crippen molar-refractivity contribution in [1.29, 1.82) is 0 Å². The van der Waals surface area contributed by atoms with Crippen LogP contribution in [0.3, 0.4) is 0 Å². The zero-order valence-corrected chi connectivity index (χ0v) is 10.5. The molecule has 0 radical (unpaired) electrons. The Hall–Kier alpha value is -0.410. The van der Waals surface area contributed by atoms with Crippen LogP contribution < -0.4 is 0 Å². The summed E-state index contributed by atoms with van der Waals surface area (Å²) in [5.41, 5.74) is -0.345. The van der Waals surface area contributed by atoms with E-state index in [4.69, 9.17) is 4.74 Å². The summed E-state index contributed by atoms with van der Waals surface area (Å²) in [4.78, 5) is 10.6. The minimum atomic E-state index is -0.345. The zero-order valence-electron chi connectivity index (χ0n) is 10.5. The molecule has 0 saturated carbocycles. The van der Waals surface area contributed by atoms with E-state index in [2.05, 4.69) is 6.92 Å². The number of rotatable bonds is 10. The van der Waals surface area contributed by atoms with Crippen molar-refractivity contribution in [3.63, 3.8) is 0 Å². The molecule has 2 N–H and O–H groups in total. The highest BCUT2D eigenvalue weighted by Crippen LogP contribution is 2.30. The molecule has 0 bridgehead atoms. The van der Waals surface area contributed by atoms with Crippen LogP contribution in [0, 0.1) is 0 Å². The monoisotopic (exact) mass is 230 g/mol. The van der Waals surface area contributed by atoms with Gasteiger partial charge < -0.3 is 15.0 Å². The average Bonchev–Trinajstić information content (AvgIpc) is 3.03. The van der Waals surface area contributed by atoms with Gasteiger partial charge in [0.15, 0.2) is 6.29 Å². The van der Waals surface area contributed by atoms with Crippen LogP contribution in [0.5, 0.6) is 0 Å². The lowest BCUT2D eigenvalue weighted by molar-refractivity contribution is -0.112. The first-order valence-electron chi connectivity index (χ1n) is 6.43. The van der Waals surface area contributed by atoms with Crippen molar-refractivity contribution < 1.29 is 15.0 Å². The molecule has 0 aromatic rings. The van der Waals surface area contributed by atoms with E-state index in [0.717, 1.165) is 19.1 Å². The van der Waals surface area contributed by atoms with Crippen molar-refractivity contribution in [1.82, 2.24) is 0 Å². The summed E-state index contributed by atoms with van der Waals surface area (Å²) in [5.74, 6) is 0. The normalized spacial score (nSPS) is 22.6. The van der Waals surface area contributed by atoms with Crippen LogP contribution in [0.2, 0.25) is 0 Å². The SMILES string of the molecule is CCCCCCCCCCC1(C=O)CO1.O. The molecule has 1 rings (SSSR count). The number of ether oxygens (including phenoxy) is 1. The molecule has 1 atom stereocenters. The molecule has 1 saturated heterocycles. The molecule has 0 aromatic carbocycles. The molecule has 1 aliphatic rings. The van der Waals surface area contributed by atoms with Gasteiger partial charge in [0.2, 0.25) is 0 Å².